The average molecular weight is 503 g/mol. The molecule has 0 amide bonds. The van der Waals surface area contributed by atoms with E-state index >= 15 is 0 Å². The van der Waals surface area contributed by atoms with Gasteiger partial charge in [0.15, 0.2) is 0 Å². The molecule has 1 aromatic carbocycles. The number of ether oxygens (including phenoxy) is 1. The predicted molar refractivity (Wildman–Crippen MR) is 139 cm³/mol. The van der Waals surface area contributed by atoms with Gasteiger partial charge in [0.25, 0.3) is 0 Å². The van der Waals surface area contributed by atoms with Crippen LogP contribution in [0.5, 0.6) is 5.75 Å². The lowest BCUT2D eigenvalue weighted by atomic mass is 9.67. The Hall–Kier alpha value is -1.68. The summed E-state index contributed by atoms with van der Waals surface area (Å²) in [7, 11) is 1.59. The van der Waals surface area contributed by atoms with Crippen LogP contribution in [0.25, 0.3) is 10.9 Å². The number of pyridine rings is 1. The topological polar surface area (TPSA) is 86.1 Å². The van der Waals surface area contributed by atoms with Gasteiger partial charge >= 0.3 is 0 Å². The first kappa shape index (κ1) is 25.4. The van der Waals surface area contributed by atoms with Gasteiger partial charge in [0.2, 0.25) is 0 Å². The largest absolute Gasteiger partial charge is 0.495 e. The molecule has 3 heterocycles. The zero-order valence-corrected chi connectivity index (χ0v) is 21.4. The second-order valence-corrected chi connectivity index (χ2v) is 11.3. The van der Waals surface area contributed by atoms with E-state index in [2.05, 4.69) is 27.4 Å². The fraction of sp³-hybridized carbons (Fsp3) is 0.500. The van der Waals surface area contributed by atoms with Crippen LogP contribution in [0.1, 0.15) is 25.3 Å². The molecule has 3 N–H and O–H groups in total. The first-order valence-corrected chi connectivity index (χ1v) is 13.7. The number of rotatable bonds is 10. The van der Waals surface area contributed by atoms with Gasteiger partial charge in [-0.05, 0) is 67.3 Å². The average Bonchev–Trinajstić information content (AvgIpc) is 3.36. The van der Waals surface area contributed by atoms with Gasteiger partial charge < -0.3 is 25.0 Å². The summed E-state index contributed by atoms with van der Waals surface area (Å²) >= 11 is 3.63. The van der Waals surface area contributed by atoms with Crippen LogP contribution in [-0.4, -0.2) is 70.4 Å². The highest BCUT2D eigenvalue weighted by atomic mass is 32.2. The molecule has 2 unspecified atom stereocenters. The van der Waals surface area contributed by atoms with Gasteiger partial charge in [-0.1, -0.05) is 18.2 Å². The molecule has 8 heteroatoms. The standard InChI is InChI=1S/C26H34N2O4S2/c1-18(30)26(31,23-5-3-6-24-21(23)15-20(32-2)16-27-24)22-8-10-28(17-19(22)9-12-29)11-14-34-25-7-4-13-33-25/h3-7,13,15-16,18-19,22,29-31H,8-12,14,17H2,1-2H3/t18-,19?,22?,26-/m1/s1. The Morgan fingerprint density at radius 1 is 1.32 bits per heavy atom. The molecule has 184 valence electrons. The lowest BCUT2D eigenvalue weighted by Crippen LogP contribution is -2.54. The Bertz CT molecular complexity index is 1060. The second-order valence-electron chi connectivity index (χ2n) is 9.00. The molecule has 34 heavy (non-hydrogen) atoms. The van der Waals surface area contributed by atoms with Crippen molar-refractivity contribution in [3.63, 3.8) is 0 Å². The first-order valence-electron chi connectivity index (χ1n) is 11.8. The van der Waals surface area contributed by atoms with Crippen LogP contribution < -0.4 is 4.74 Å². The van der Waals surface area contributed by atoms with Crippen LogP contribution >= 0.6 is 23.1 Å². The minimum Gasteiger partial charge on any atom is -0.495 e. The summed E-state index contributed by atoms with van der Waals surface area (Å²) in [6.45, 7) is 4.31. The van der Waals surface area contributed by atoms with Crippen molar-refractivity contribution in [3.05, 3.63) is 53.5 Å². The molecule has 1 saturated heterocycles. The number of methoxy groups -OCH3 is 1. The smallest absolute Gasteiger partial charge is 0.137 e. The highest BCUT2D eigenvalue weighted by molar-refractivity contribution is 8.01. The van der Waals surface area contributed by atoms with Crippen molar-refractivity contribution in [2.24, 2.45) is 11.8 Å². The summed E-state index contributed by atoms with van der Waals surface area (Å²) in [4.78, 5) is 6.91. The van der Waals surface area contributed by atoms with Gasteiger partial charge in [0.1, 0.15) is 11.4 Å². The van der Waals surface area contributed by atoms with Crippen molar-refractivity contribution < 1.29 is 20.1 Å². The maximum atomic E-state index is 12.2. The van der Waals surface area contributed by atoms with Crippen LogP contribution in [-0.2, 0) is 5.60 Å². The quantitative estimate of drug-likeness (QED) is 0.362. The molecule has 0 spiro atoms. The molecule has 4 atom stereocenters. The Morgan fingerprint density at radius 3 is 2.88 bits per heavy atom. The van der Waals surface area contributed by atoms with Gasteiger partial charge in [0.05, 0.1) is 29.1 Å². The third-order valence-corrected chi connectivity index (χ3v) is 9.15. The van der Waals surface area contributed by atoms with E-state index in [9.17, 15) is 15.3 Å². The van der Waals surface area contributed by atoms with Gasteiger partial charge in [-0.15, -0.1) is 23.1 Å². The monoisotopic (exact) mass is 502 g/mol. The molecule has 1 aliphatic rings. The zero-order chi connectivity index (χ0) is 24.1. The molecule has 3 aromatic rings. The maximum absolute atomic E-state index is 12.2. The number of nitrogens with zero attached hydrogens (tertiary/aromatic N) is 2. The van der Waals surface area contributed by atoms with Crippen molar-refractivity contribution >= 4 is 34.0 Å². The summed E-state index contributed by atoms with van der Waals surface area (Å²) in [5.41, 5.74) is -0.0502. The Kier molecular flexibility index (Phi) is 8.50. The number of fused-ring (bicyclic) bond motifs is 1. The molecule has 4 rings (SSSR count). The molecular weight excluding hydrogens is 468 g/mol. The minimum absolute atomic E-state index is 0.0545. The number of likely N-dealkylation sites (tertiary alicyclic amines) is 1. The van der Waals surface area contributed by atoms with E-state index in [1.165, 1.54) is 4.21 Å². The third-order valence-electron chi connectivity index (χ3n) is 7.03. The van der Waals surface area contributed by atoms with Crippen molar-refractivity contribution in [2.45, 2.75) is 35.7 Å². The lowest BCUT2D eigenvalue weighted by molar-refractivity contribution is -0.144. The van der Waals surface area contributed by atoms with E-state index in [0.29, 0.717) is 17.7 Å². The second kappa shape index (κ2) is 11.4. The number of thioether (sulfide) groups is 1. The van der Waals surface area contributed by atoms with Crippen LogP contribution in [0.15, 0.2) is 52.2 Å². The molecule has 0 aliphatic carbocycles. The van der Waals surface area contributed by atoms with Gasteiger partial charge in [0, 0.05) is 30.8 Å². The maximum Gasteiger partial charge on any atom is 0.137 e. The molecular formula is C26H34N2O4S2. The molecule has 6 nitrogen and oxygen atoms in total. The first-order chi connectivity index (χ1) is 16.5. The van der Waals surface area contributed by atoms with Crippen molar-refractivity contribution in [1.29, 1.82) is 0 Å². The fourth-order valence-electron chi connectivity index (χ4n) is 5.29. The van der Waals surface area contributed by atoms with Crippen molar-refractivity contribution in [2.75, 3.05) is 39.1 Å². The SMILES string of the molecule is COc1cnc2cccc([C@](O)(C3CCN(CCSc4cccs4)CC3CCO)[C@@H](C)O)c2c1. The highest BCUT2D eigenvalue weighted by Crippen LogP contribution is 2.45. The van der Waals surface area contributed by atoms with E-state index in [-0.39, 0.29) is 18.4 Å². The molecule has 1 fully saturated rings. The number of aliphatic hydroxyl groups is 3. The van der Waals surface area contributed by atoms with E-state index in [1.807, 2.05) is 36.0 Å². The molecule has 0 bridgehead atoms. The van der Waals surface area contributed by atoms with Crippen LogP contribution in [0.4, 0.5) is 0 Å². The van der Waals surface area contributed by atoms with Crippen molar-refractivity contribution in [1.82, 2.24) is 9.88 Å². The predicted octanol–water partition coefficient (Wildman–Crippen LogP) is 3.99. The Balaban J connectivity index is 1.60. The molecule has 2 aromatic heterocycles. The van der Waals surface area contributed by atoms with E-state index in [0.717, 1.165) is 42.7 Å². The highest BCUT2D eigenvalue weighted by Gasteiger charge is 2.48. The number of hydrogen-bond donors (Lipinski definition) is 3. The van der Waals surface area contributed by atoms with Crippen LogP contribution in [0, 0.1) is 11.8 Å². The minimum atomic E-state index is -1.47. The Morgan fingerprint density at radius 2 is 2.18 bits per heavy atom. The van der Waals surface area contributed by atoms with E-state index in [1.54, 1.807) is 31.6 Å². The summed E-state index contributed by atoms with van der Waals surface area (Å²) in [6.07, 6.45) is 2.00. The van der Waals surface area contributed by atoms with Crippen LogP contribution in [0.3, 0.4) is 0 Å². The van der Waals surface area contributed by atoms with Gasteiger partial charge in [-0.3, -0.25) is 4.98 Å². The summed E-state index contributed by atoms with van der Waals surface area (Å²) in [5.74, 6) is 1.47. The number of benzene rings is 1. The molecule has 0 saturated carbocycles. The normalized spacial score (nSPS) is 21.9. The van der Waals surface area contributed by atoms with Crippen molar-refractivity contribution in [3.8, 4) is 5.75 Å². The number of thiophene rings is 1. The molecule has 0 radical (unpaired) electrons. The van der Waals surface area contributed by atoms with Crippen LogP contribution in [0.2, 0.25) is 0 Å². The van der Waals surface area contributed by atoms with E-state index in [4.69, 9.17) is 4.74 Å². The number of aromatic nitrogens is 1. The Labute approximate surface area is 209 Å². The number of hydrogen-bond acceptors (Lipinski definition) is 8. The van der Waals surface area contributed by atoms with Gasteiger partial charge in [-0.25, -0.2) is 0 Å². The van der Waals surface area contributed by atoms with Gasteiger partial charge in [-0.2, -0.15) is 0 Å². The van der Waals surface area contributed by atoms with E-state index < -0.39 is 11.7 Å². The third kappa shape index (κ3) is 5.27. The zero-order valence-electron chi connectivity index (χ0n) is 19.8. The fourth-order valence-corrected chi connectivity index (χ4v) is 7.16. The summed E-state index contributed by atoms with van der Waals surface area (Å²) in [5, 5.41) is 35.9. The molecule has 1 aliphatic heterocycles. The summed E-state index contributed by atoms with van der Waals surface area (Å²) in [6, 6.07) is 11.8. The lowest BCUT2D eigenvalue weighted by Gasteiger charge is -2.48. The number of aliphatic hydroxyl groups excluding tert-OH is 2. The summed E-state index contributed by atoms with van der Waals surface area (Å²) < 4.78 is 6.71. The number of piperidine rings is 1.